The minimum atomic E-state index is -0.551. The Morgan fingerprint density at radius 3 is 2.30 bits per heavy atom. The number of oxime groups is 1. The van der Waals surface area contributed by atoms with Crippen LogP contribution >= 0.6 is 0 Å². The third-order valence-electron chi connectivity index (χ3n) is 2.87. The van der Waals surface area contributed by atoms with Gasteiger partial charge in [-0.3, -0.25) is 14.9 Å². The Bertz CT molecular complexity index is 755. The molecule has 0 spiro atoms. The summed E-state index contributed by atoms with van der Waals surface area (Å²) in [6.07, 6.45) is 1.09. The quantitative estimate of drug-likeness (QED) is 0.381. The topological polar surface area (TPSA) is 117 Å². The fourth-order valence-corrected chi connectivity index (χ4v) is 1.74. The SMILES string of the molecule is O=C(NN=C(C=NO)c1ccccc1)c1ccc([N+](=O)[O-])cc1. The standard InChI is InChI=1S/C15H12N4O4/c20-15(12-6-8-13(9-7-12)19(22)23)18-17-14(10-16-21)11-4-2-1-3-5-11/h1-10,21H,(H,18,20). The van der Waals surface area contributed by atoms with E-state index in [1.165, 1.54) is 24.3 Å². The lowest BCUT2D eigenvalue weighted by molar-refractivity contribution is -0.384. The van der Waals surface area contributed by atoms with E-state index in [9.17, 15) is 14.9 Å². The number of hydrogen-bond acceptors (Lipinski definition) is 6. The van der Waals surface area contributed by atoms with Gasteiger partial charge in [0.15, 0.2) is 0 Å². The van der Waals surface area contributed by atoms with Crippen LogP contribution in [0.2, 0.25) is 0 Å². The molecule has 2 N–H and O–H groups in total. The predicted molar refractivity (Wildman–Crippen MR) is 83.8 cm³/mol. The molecule has 8 heteroatoms. The Kier molecular flexibility index (Phi) is 5.13. The number of hydrogen-bond donors (Lipinski definition) is 2. The molecule has 0 aromatic heterocycles. The molecular formula is C15H12N4O4. The van der Waals surface area contributed by atoms with Crippen LogP contribution in [0.4, 0.5) is 5.69 Å². The lowest BCUT2D eigenvalue weighted by Gasteiger charge is -2.03. The first kappa shape index (κ1) is 15.8. The van der Waals surface area contributed by atoms with Crippen LogP contribution in [0.3, 0.4) is 0 Å². The summed E-state index contributed by atoms with van der Waals surface area (Å²) in [7, 11) is 0. The maximum atomic E-state index is 12.0. The zero-order chi connectivity index (χ0) is 16.7. The average molecular weight is 312 g/mol. The Morgan fingerprint density at radius 2 is 1.74 bits per heavy atom. The van der Waals surface area contributed by atoms with Gasteiger partial charge in [-0.2, -0.15) is 5.10 Å². The second-order valence-electron chi connectivity index (χ2n) is 4.35. The van der Waals surface area contributed by atoms with Crippen molar-refractivity contribution in [3.63, 3.8) is 0 Å². The number of benzene rings is 2. The van der Waals surface area contributed by atoms with Crippen LogP contribution in [-0.2, 0) is 0 Å². The van der Waals surface area contributed by atoms with Gasteiger partial charge in [-0.05, 0) is 12.1 Å². The van der Waals surface area contributed by atoms with E-state index < -0.39 is 10.8 Å². The largest absolute Gasteiger partial charge is 0.411 e. The van der Waals surface area contributed by atoms with E-state index in [4.69, 9.17) is 5.21 Å². The molecule has 0 aliphatic heterocycles. The van der Waals surface area contributed by atoms with Crippen LogP contribution in [0.1, 0.15) is 15.9 Å². The van der Waals surface area contributed by atoms with E-state index in [1.807, 2.05) is 6.07 Å². The molecule has 116 valence electrons. The van der Waals surface area contributed by atoms with Crippen LogP contribution in [0.15, 0.2) is 64.9 Å². The number of hydrazone groups is 1. The van der Waals surface area contributed by atoms with Crippen LogP contribution in [0.25, 0.3) is 0 Å². The molecular weight excluding hydrogens is 300 g/mol. The highest BCUT2D eigenvalue weighted by Gasteiger charge is 2.09. The molecule has 1 amide bonds. The van der Waals surface area contributed by atoms with Gasteiger partial charge in [0.25, 0.3) is 11.6 Å². The molecule has 2 rings (SSSR count). The van der Waals surface area contributed by atoms with Crippen LogP contribution in [0.5, 0.6) is 0 Å². The zero-order valence-corrected chi connectivity index (χ0v) is 11.8. The molecule has 0 radical (unpaired) electrons. The van der Waals surface area contributed by atoms with E-state index in [2.05, 4.69) is 15.7 Å². The molecule has 0 fully saturated rings. The minimum Gasteiger partial charge on any atom is -0.411 e. The number of nitro groups is 1. The van der Waals surface area contributed by atoms with Gasteiger partial charge in [0.1, 0.15) is 5.71 Å². The first-order valence-corrected chi connectivity index (χ1v) is 6.47. The molecule has 0 aliphatic carbocycles. The van der Waals surface area contributed by atoms with Crippen molar-refractivity contribution in [3.05, 3.63) is 75.8 Å². The van der Waals surface area contributed by atoms with Crippen molar-refractivity contribution in [1.29, 1.82) is 0 Å². The Labute approximate surface area is 130 Å². The highest BCUT2D eigenvalue weighted by molar-refractivity contribution is 6.38. The van der Waals surface area contributed by atoms with E-state index in [1.54, 1.807) is 24.3 Å². The molecule has 2 aromatic rings. The Morgan fingerprint density at radius 1 is 1.09 bits per heavy atom. The number of non-ortho nitro benzene ring substituents is 1. The summed E-state index contributed by atoms with van der Waals surface area (Å²) in [5, 5.41) is 26.0. The second-order valence-corrected chi connectivity index (χ2v) is 4.35. The second kappa shape index (κ2) is 7.46. The molecule has 2 aromatic carbocycles. The van der Waals surface area contributed by atoms with Crippen LogP contribution in [0, 0.1) is 10.1 Å². The summed E-state index contributed by atoms with van der Waals surface area (Å²) in [5.74, 6) is -0.542. The van der Waals surface area contributed by atoms with Gasteiger partial charge in [0.2, 0.25) is 0 Å². The van der Waals surface area contributed by atoms with Crippen molar-refractivity contribution >= 4 is 23.5 Å². The van der Waals surface area contributed by atoms with Crippen LogP contribution < -0.4 is 5.43 Å². The van der Waals surface area contributed by atoms with Gasteiger partial charge < -0.3 is 5.21 Å². The van der Waals surface area contributed by atoms with Crippen molar-refractivity contribution in [2.45, 2.75) is 0 Å². The summed E-state index contributed by atoms with van der Waals surface area (Å²) in [4.78, 5) is 22.0. The molecule has 8 nitrogen and oxygen atoms in total. The third kappa shape index (κ3) is 4.21. The minimum absolute atomic E-state index is 0.109. The van der Waals surface area contributed by atoms with Gasteiger partial charge in [0, 0.05) is 23.3 Å². The lowest BCUT2D eigenvalue weighted by Crippen LogP contribution is -2.20. The molecule has 0 bridgehead atoms. The number of carbonyl (C=O) groups excluding carboxylic acids is 1. The number of nitro benzene ring substituents is 1. The molecule has 23 heavy (non-hydrogen) atoms. The first-order valence-electron chi connectivity index (χ1n) is 6.47. The summed E-state index contributed by atoms with van der Waals surface area (Å²) in [6.45, 7) is 0. The molecule has 0 unspecified atom stereocenters. The number of nitrogens with one attached hydrogen (secondary N) is 1. The predicted octanol–water partition coefficient (Wildman–Crippen LogP) is 2.19. The van der Waals surface area contributed by atoms with Gasteiger partial charge >= 0.3 is 0 Å². The zero-order valence-electron chi connectivity index (χ0n) is 11.8. The van der Waals surface area contributed by atoms with Gasteiger partial charge in [-0.15, -0.1) is 0 Å². The van der Waals surface area contributed by atoms with Gasteiger partial charge in [0.05, 0.1) is 11.1 Å². The average Bonchev–Trinajstić information content (AvgIpc) is 2.59. The molecule has 0 saturated heterocycles. The third-order valence-corrected chi connectivity index (χ3v) is 2.87. The molecule has 0 heterocycles. The van der Waals surface area contributed by atoms with Crippen molar-refractivity contribution in [2.75, 3.05) is 0 Å². The summed E-state index contributed by atoms with van der Waals surface area (Å²) >= 11 is 0. The number of amides is 1. The van der Waals surface area contributed by atoms with Crippen molar-refractivity contribution in [3.8, 4) is 0 Å². The maximum Gasteiger partial charge on any atom is 0.271 e. The normalized spacial score (nSPS) is 11.4. The summed E-state index contributed by atoms with van der Waals surface area (Å²) in [5.41, 5.74) is 3.32. The summed E-state index contributed by atoms with van der Waals surface area (Å²) in [6, 6.07) is 13.9. The Balaban J connectivity index is 2.16. The molecule has 0 atom stereocenters. The monoisotopic (exact) mass is 312 g/mol. The van der Waals surface area contributed by atoms with Crippen molar-refractivity contribution in [1.82, 2.24) is 5.43 Å². The molecule has 0 aliphatic rings. The Hall–Kier alpha value is -3.55. The fraction of sp³-hybridized carbons (Fsp3) is 0. The van der Waals surface area contributed by atoms with E-state index >= 15 is 0 Å². The maximum absolute atomic E-state index is 12.0. The van der Waals surface area contributed by atoms with Crippen molar-refractivity contribution in [2.24, 2.45) is 10.3 Å². The highest BCUT2D eigenvalue weighted by Crippen LogP contribution is 2.11. The number of nitrogens with zero attached hydrogens (tertiary/aromatic N) is 3. The number of carbonyl (C=O) groups is 1. The van der Waals surface area contributed by atoms with Gasteiger partial charge in [-0.1, -0.05) is 35.5 Å². The van der Waals surface area contributed by atoms with E-state index in [0.29, 0.717) is 5.56 Å². The van der Waals surface area contributed by atoms with Gasteiger partial charge in [-0.25, -0.2) is 5.43 Å². The lowest BCUT2D eigenvalue weighted by atomic mass is 10.1. The number of rotatable bonds is 5. The van der Waals surface area contributed by atoms with Crippen LogP contribution in [-0.4, -0.2) is 28.0 Å². The van der Waals surface area contributed by atoms with E-state index in [0.717, 1.165) is 6.21 Å². The summed E-state index contributed by atoms with van der Waals surface area (Å²) < 4.78 is 0. The van der Waals surface area contributed by atoms with E-state index in [-0.39, 0.29) is 17.0 Å². The fourth-order valence-electron chi connectivity index (χ4n) is 1.74. The van der Waals surface area contributed by atoms with Crippen molar-refractivity contribution < 1.29 is 14.9 Å². The smallest absolute Gasteiger partial charge is 0.271 e. The molecule has 0 saturated carbocycles. The highest BCUT2D eigenvalue weighted by atomic mass is 16.6. The first-order chi connectivity index (χ1) is 11.1.